The molecule has 2 rings (SSSR count). The zero-order chi connectivity index (χ0) is 11.5. The monoisotopic (exact) mass is 239 g/mol. The summed E-state index contributed by atoms with van der Waals surface area (Å²) in [7, 11) is 0. The van der Waals surface area contributed by atoms with Crippen molar-refractivity contribution >= 4 is 23.2 Å². The number of amides is 1. The molecule has 0 aliphatic carbocycles. The van der Waals surface area contributed by atoms with Gasteiger partial charge in [-0.3, -0.25) is 4.79 Å². The van der Waals surface area contributed by atoms with Crippen molar-refractivity contribution in [2.45, 2.75) is 0 Å². The summed E-state index contributed by atoms with van der Waals surface area (Å²) in [5.41, 5.74) is 0.0221. The molecule has 0 aliphatic rings. The third kappa shape index (κ3) is 2.06. The lowest BCUT2D eigenvalue weighted by Gasteiger charge is -2.05. The molecule has 0 fully saturated rings. The van der Waals surface area contributed by atoms with Crippen LogP contribution in [0.1, 0.15) is 10.6 Å². The number of hydrogen-bond acceptors (Lipinski definition) is 2. The summed E-state index contributed by atoms with van der Waals surface area (Å²) >= 11 is 5.57. The predicted molar refractivity (Wildman–Crippen MR) is 58.1 cm³/mol. The van der Waals surface area contributed by atoms with Gasteiger partial charge in [0, 0.05) is 0 Å². The van der Waals surface area contributed by atoms with E-state index in [0.717, 1.165) is 0 Å². The van der Waals surface area contributed by atoms with Crippen molar-refractivity contribution in [3.8, 4) is 0 Å². The number of benzene rings is 1. The van der Waals surface area contributed by atoms with Crippen LogP contribution >= 0.6 is 11.6 Å². The Hall–Kier alpha value is -1.81. The molecule has 1 aromatic heterocycles. The molecule has 1 aromatic carbocycles. The first-order chi connectivity index (χ1) is 7.68. The number of carbonyl (C=O) groups excluding carboxylic acids is 1. The predicted octanol–water partition coefficient (Wildman–Crippen LogP) is 3.32. The summed E-state index contributed by atoms with van der Waals surface area (Å²) in [5.74, 6) is -1.07. The molecule has 16 heavy (non-hydrogen) atoms. The van der Waals surface area contributed by atoms with Gasteiger partial charge in [0.2, 0.25) is 0 Å². The lowest BCUT2D eigenvalue weighted by molar-refractivity contribution is 0.0996. The Bertz CT molecular complexity index is 511. The van der Waals surface area contributed by atoms with E-state index in [1.807, 2.05) is 0 Å². The van der Waals surface area contributed by atoms with Gasteiger partial charge in [0.25, 0.3) is 5.91 Å². The van der Waals surface area contributed by atoms with Crippen LogP contribution in [0.2, 0.25) is 5.02 Å². The summed E-state index contributed by atoms with van der Waals surface area (Å²) in [6, 6.07) is 7.42. The van der Waals surface area contributed by atoms with Crippen LogP contribution in [0.5, 0.6) is 0 Å². The van der Waals surface area contributed by atoms with Crippen LogP contribution in [0.25, 0.3) is 0 Å². The number of rotatable bonds is 2. The average molecular weight is 240 g/mol. The molecule has 0 spiro atoms. The number of furan rings is 1. The normalized spacial score (nSPS) is 10.1. The number of carbonyl (C=O) groups is 1. The Labute approximate surface area is 95.8 Å². The Balaban J connectivity index is 2.22. The van der Waals surface area contributed by atoms with E-state index in [4.69, 9.17) is 16.0 Å². The van der Waals surface area contributed by atoms with Crippen molar-refractivity contribution in [3.63, 3.8) is 0 Å². The quantitative estimate of drug-likeness (QED) is 0.874. The van der Waals surface area contributed by atoms with Crippen molar-refractivity contribution in [1.29, 1.82) is 0 Å². The lowest BCUT2D eigenvalue weighted by Crippen LogP contribution is -2.12. The Morgan fingerprint density at radius 3 is 2.81 bits per heavy atom. The van der Waals surface area contributed by atoms with Gasteiger partial charge in [-0.05, 0) is 24.3 Å². The van der Waals surface area contributed by atoms with Crippen LogP contribution in [0.4, 0.5) is 10.1 Å². The zero-order valence-corrected chi connectivity index (χ0v) is 8.79. The molecule has 0 saturated heterocycles. The molecule has 0 radical (unpaired) electrons. The average Bonchev–Trinajstić information content (AvgIpc) is 2.78. The van der Waals surface area contributed by atoms with Gasteiger partial charge >= 0.3 is 0 Å². The lowest BCUT2D eigenvalue weighted by atomic mass is 10.3. The van der Waals surface area contributed by atoms with E-state index in [1.165, 1.54) is 24.5 Å². The largest absolute Gasteiger partial charge is 0.459 e. The van der Waals surface area contributed by atoms with E-state index in [1.54, 1.807) is 12.1 Å². The first-order valence-electron chi connectivity index (χ1n) is 4.47. The molecular weight excluding hydrogens is 233 g/mol. The van der Waals surface area contributed by atoms with Crippen LogP contribution in [-0.4, -0.2) is 5.91 Å². The van der Waals surface area contributed by atoms with Crippen molar-refractivity contribution in [3.05, 3.63) is 53.2 Å². The highest BCUT2D eigenvalue weighted by atomic mass is 35.5. The minimum absolute atomic E-state index is 0.0221. The summed E-state index contributed by atoms with van der Waals surface area (Å²) in [4.78, 5) is 11.5. The molecule has 3 nitrogen and oxygen atoms in total. The fraction of sp³-hybridized carbons (Fsp3) is 0. The van der Waals surface area contributed by atoms with E-state index < -0.39 is 11.7 Å². The van der Waals surface area contributed by atoms with E-state index in [-0.39, 0.29) is 16.5 Å². The SMILES string of the molecule is O=C(Nc1cccc(Cl)c1F)c1ccco1. The van der Waals surface area contributed by atoms with Gasteiger partial charge < -0.3 is 9.73 Å². The van der Waals surface area contributed by atoms with Gasteiger partial charge in [-0.25, -0.2) is 4.39 Å². The molecule has 2 aromatic rings. The van der Waals surface area contributed by atoms with Gasteiger partial charge in [0.15, 0.2) is 11.6 Å². The molecule has 5 heteroatoms. The Morgan fingerprint density at radius 2 is 2.12 bits per heavy atom. The summed E-state index contributed by atoms with van der Waals surface area (Å²) in [6.07, 6.45) is 1.36. The number of hydrogen-bond donors (Lipinski definition) is 1. The fourth-order valence-electron chi connectivity index (χ4n) is 1.19. The van der Waals surface area contributed by atoms with Crippen LogP contribution in [0, 0.1) is 5.82 Å². The van der Waals surface area contributed by atoms with Crippen molar-refractivity contribution in [2.24, 2.45) is 0 Å². The maximum absolute atomic E-state index is 13.4. The van der Waals surface area contributed by atoms with Crippen molar-refractivity contribution < 1.29 is 13.6 Å². The Morgan fingerprint density at radius 1 is 1.31 bits per heavy atom. The second kappa shape index (κ2) is 4.37. The molecule has 0 aliphatic heterocycles. The minimum atomic E-state index is -0.663. The summed E-state index contributed by atoms with van der Waals surface area (Å²) < 4.78 is 18.3. The van der Waals surface area contributed by atoms with Gasteiger partial charge in [-0.1, -0.05) is 17.7 Å². The third-order valence-corrected chi connectivity index (χ3v) is 2.24. The minimum Gasteiger partial charge on any atom is -0.459 e. The molecular formula is C11H7ClFNO2. The standard InChI is InChI=1S/C11H7ClFNO2/c12-7-3-1-4-8(10(7)13)14-11(15)9-5-2-6-16-9/h1-6H,(H,14,15). The van der Waals surface area contributed by atoms with Crippen LogP contribution in [-0.2, 0) is 0 Å². The van der Waals surface area contributed by atoms with Crippen LogP contribution in [0.3, 0.4) is 0 Å². The molecule has 1 N–H and O–H groups in total. The molecule has 0 saturated carbocycles. The van der Waals surface area contributed by atoms with Crippen LogP contribution < -0.4 is 5.32 Å². The molecule has 1 amide bonds. The fourth-order valence-corrected chi connectivity index (χ4v) is 1.37. The number of halogens is 2. The zero-order valence-electron chi connectivity index (χ0n) is 8.04. The second-order valence-corrected chi connectivity index (χ2v) is 3.44. The second-order valence-electron chi connectivity index (χ2n) is 3.03. The highest BCUT2D eigenvalue weighted by molar-refractivity contribution is 6.31. The number of anilines is 1. The first-order valence-corrected chi connectivity index (χ1v) is 4.85. The molecule has 82 valence electrons. The topological polar surface area (TPSA) is 42.2 Å². The molecule has 1 heterocycles. The van der Waals surface area contributed by atoms with Gasteiger partial charge in [-0.15, -0.1) is 0 Å². The third-order valence-electron chi connectivity index (χ3n) is 1.94. The van der Waals surface area contributed by atoms with E-state index >= 15 is 0 Å². The van der Waals surface area contributed by atoms with Gasteiger partial charge in [0.1, 0.15) is 0 Å². The maximum atomic E-state index is 13.4. The first kappa shape index (κ1) is 10.7. The van der Waals surface area contributed by atoms with Crippen molar-refractivity contribution in [2.75, 3.05) is 5.32 Å². The smallest absolute Gasteiger partial charge is 0.291 e. The molecule has 0 atom stereocenters. The van der Waals surface area contributed by atoms with Gasteiger partial charge in [-0.2, -0.15) is 0 Å². The summed E-state index contributed by atoms with van der Waals surface area (Å²) in [6.45, 7) is 0. The highest BCUT2D eigenvalue weighted by Crippen LogP contribution is 2.22. The van der Waals surface area contributed by atoms with Crippen LogP contribution in [0.15, 0.2) is 41.0 Å². The maximum Gasteiger partial charge on any atom is 0.291 e. The van der Waals surface area contributed by atoms with E-state index in [2.05, 4.69) is 5.32 Å². The molecule has 0 bridgehead atoms. The number of nitrogens with one attached hydrogen (secondary N) is 1. The molecule has 0 unspecified atom stereocenters. The summed E-state index contributed by atoms with van der Waals surface area (Å²) in [5, 5.41) is 2.32. The van der Waals surface area contributed by atoms with E-state index in [9.17, 15) is 9.18 Å². The van der Waals surface area contributed by atoms with Crippen molar-refractivity contribution in [1.82, 2.24) is 0 Å². The van der Waals surface area contributed by atoms with E-state index in [0.29, 0.717) is 0 Å². The highest BCUT2D eigenvalue weighted by Gasteiger charge is 2.12. The Kier molecular flexibility index (Phi) is 2.92. The van der Waals surface area contributed by atoms with Gasteiger partial charge in [0.05, 0.1) is 17.0 Å².